The summed E-state index contributed by atoms with van der Waals surface area (Å²) < 4.78 is 0. The molecule has 2 aliphatic rings. The highest BCUT2D eigenvalue weighted by molar-refractivity contribution is 5.82. The molecule has 1 aliphatic carbocycles. The summed E-state index contributed by atoms with van der Waals surface area (Å²) >= 11 is 0. The zero-order valence-electron chi connectivity index (χ0n) is 10.5. The Hall–Kier alpha value is -1.76. The van der Waals surface area contributed by atoms with Gasteiger partial charge in [0.05, 0.1) is 0 Å². The van der Waals surface area contributed by atoms with Crippen molar-refractivity contribution in [1.29, 1.82) is 0 Å². The molecule has 4 rings (SSSR count). The highest BCUT2D eigenvalue weighted by Crippen LogP contribution is 2.41. The summed E-state index contributed by atoms with van der Waals surface area (Å²) in [5.74, 6) is 0. The minimum absolute atomic E-state index is 1.11. The van der Waals surface area contributed by atoms with Crippen LogP contribution in [0.25, 0.3) is 11.1 Å². The van der Waals surface area contributed by atoms with Crippen molar-refractivity contribution in [3.8, 4) is 11.1 Å². The summed E-state index contributed by atoms with van der Waals surface area (Å²) in [5, 5.41) is 0. The van der Waals surface area contributed by atoms with E-state index in [1.165, 1.54) is 48.3 Å². The summed E-state index contributed by atoms with van der Waals surface area (Å²) in [6.45, 7) is 2.46. The third-order valence-electron chi connectivity index (χ3n) is 4.27. The zero-order valence-corrected chi connectivity index (χ0v) is 10.5. The van der Waals surface area contributed by atoms with Crippen molar-refractivity contribution < 1.29 is 0 Å². The monoisotopic (exact) mass is 235 g/mol. The second-order valence-electron chi connectivity index (χ2n) is 5.33. The Balaban J connectivity index is 1.86. The van der Waals surface area contributed by atoms with Gasteiger partial charge in [-0.25, -0.2) is 0 Å². The minimum Gasteiger partial charge on any atom is -0.371 e. The summed E-state index contributed by atoms with van der Waals surface area (Å²) in [7, 11) is 0. The van der Waals surface area contributed by atoms with Gasteiger partial charge in [0, 0.05) is 25.2 Å². The molecule has 2 aromatic carbocycles. The van der Waals surface area contributed by atoms with E-state index in [1.807, 2.05) is 0 Å². The van der Waals surface area contributed by atoms with Gasteiger partial charge in [0.1, 0.15) is 0 Å². The highest BCUT2D eigenvalue weighted by Gasteiger charge is 2.23. The van der Waals surface area contributed by atoms with Gasteiger partial charge in [-0.3, -0.25) is 0 Å². The zero-order chi connectivity index (χ0) is 11.9. The van der Waals surface area contributed by atoms with Crippen LogP contribution in [0.5, 0.6) is 0 Å². The summed E-state index contributed by atoms with van der Waals surface area (Å²) in [6.07, 6.45) is 3.80. The van der Waals surface area contributed by atoms with Crippen LogP contribution < -0.4 is 4.90 Å². The third-order valence-corrected chi connectivity index (χ3v) is 4.27. The average molecular weight is 235 g/mol. The predicted molar refractivity (Wildman–Crippen MR) is 76.1 cm³/mol. The van der Waals surface area contributed by atoms with Crippen molar-refractivity contribution >= 4 is 5.69 Å². The van der Waals surface area contributed by atoms with Gasteiger partial charge in [0.2, 0.25) is 0 Å². The van der Waals surface area contributed by atoms with Crippen molar-refractivity contribution in [2.75, 3.05) is 18.0 Å². The van der Waals surface area contributed by atoms with Gasteiger partial charge in [0.25, 0.3) is 0 Å². The topological polar surface area (TPSA) is 3.24 Å². The van der Waals surface area contributed by atoms with Gasteiger partial charge >= 0.3 is 0 Å². The summed E-state index contributed by atoms with van der Waals surface area (Å²) in [5.41, 5.74) is 7.39. The molecule has 0 atom stereocenters. The lowest BCUT2D eigenvalue weighted by molar-refractivity contribution is 0.949. The van der Waals surface area contributed by atoms with Crippen LogP contribution in [0.15, 0.2) is 42.5 Å². The molecule has 1 heteroatoms. The molecule has 1 aliphatic heterocycles. The van der Waals surface area contributed by atoms with Crippen molar-refractivity contribution in [1.82, 2.24) is 0 Å². The SMILES string of the molecule is c1ccc2c(c1)Cc1c-2cccc1N1CCCC1. The van der Waals surface area contributed by atoms with Crippen LogP contribution in [0.3, 0.4) is 0 Å². The van der Waals surface area contributed by atoms with Gasteiger partial charge in [-0.2, -0.15) is 0 Å². The van der Waals surface area contributed by atoms with Crippen molar-refractivity contribution in [2.45, 2.75) is 19.3 Å². The van der Waals surface area contributed by atoms with E-state index >= 15 is 0 Å². The quantitative estimate of drug-likeness (QED) is 0.619. The Kier molecular flexibility index (Phi) is 2.19. The maximum Gasteiger partial charge on any atom is 0.0408 e. The van der Waals surface area contributed by atoms with E-state index in [9.17, 15) is 0 Å². The van der Waals surface area contributed by atoms with E-state index < -0.39 is 0 Å². The second-order valence-corrected chi connectivity index (χ2v) is 5.33. The summed E-state index contributed by atoms with van der Waals surface area (Å²) in [6, 6.07) is 15.6. The van der Waals surface area contributed by atoms with Gasteiger partial charge in [0.15, 0.2) is 0 Å². The van der Waals surface area contributed by atoms with Crippen LogP contribution in [0.4, 0.5) is 5.69 Å². The number of fused-ring (bicyclic) bond motifs is 3. The molecule has 1 heterocycles. The molecule has 0 bridgehead atoms. The Labute approximate surface area is 108 Å². The molecule has 1 saturated heterocycles. The largest absolute Gasteiger partial charge is 0.371 e. The number of rotatable bonds is 1. The van der Waals surface area contributed by atoms with Gasteiger partial charge in [-0.1, -0.05) is 36.4 Å². The van der Waals surface area contributed by atoms with E-state index in [0.29, 0.717) is 0 Å². The maximum atomic E-state index is 2.56. The van der Waals surface area contributed by atoms with Crippen molar-refractivity contribution in [3.63, 3.8) is 0 Å². The molecule has 1 nitrogen and oxygen atoms in total. The molecule has 0 spiro atoms. The summed E-state index contributed by atoms with van der Waals surface area (Å²) in [4.78, 5) is 2.56. The average Bonchev–Trinajstić information content (AvgIpc) is 3.05. The fourth-order valence-corrected chi connectivity index (χ4v) is 3.39. The van der Waals surface area contributed by atoms with E-state index in [1.54, 1.807) is 5.56 Å². The minimum atomic E-state index is 1.11. The first kappa shape index (κ1) is 10.2. The molecule has 1 fully saturated rings. The molecule has 0 saturated carbocycles. The van der Waals surface area contributed by atoms with Gasteiger partial charge in [-0.05, 0) is 41.2 Å². The molecule has 18 heavy (non-hydrogen) atoms. The number of hydrogen-bond donors (Lipinski definition) is 0. The van der Waals surface area contributed by atoms with E-state index in [0.717, 1.165) is 6.42 Å². The Morgan fingerprint density at radius 1 is 0.778 bits per heavy atom. The maximum absolute atomic E-state index is 2.56. The lowest BCUT2D eigenvalue weighted by Gasteiger charge is -2.21. The number of benzene rings is 2. The molecular weight excluding hydrogens is 218 g/mol. The molecule has 0 amide bonds. The number of nitrogens with zero attached hydrogens (tertiary/aromatic N) is 1. The van der Waals surface area contributed by atoms with Crippen molar-refractivity contribution in [2.24, 2.45) is 0 Å². The third kappa shape index (κ3) is 1.40. The lowest BCUT2D eigenvalue weighted by atomic mass is 10.0. The van der Waals surface area contributed by atoms with Crippen LogP contribution in [0, 0.1) is 0 Å². The molecular formula is C17H17N. The first-order valence-electron chi connectivity index (χ1n) is 6.88. The normalized spacial score (nSPS) is 16.8. The fourth-order valence-electron chi connectivity index (χ4n) is 3.39. The second kappa shape index (κ2) is 3.88. The molecule has 0 aromatic heterocycles. The Morgan fingerprint density at radius 3 is 2.44 bits per heavy atom. The van der Waals surface area contributed by atoms with Crippen LogP contribution >= 0.6 is 0 Å². The van der Waals surface area contributed by atoms with Gasteiger partial charge < -0.3 is 4.90 Å². The molecule has 0 unspecified atom stereocenters. The molecule has 90 valence electrons. The Morgan fingerprint density at radius 2 is 1.56 bits per heavy atom. The van der Waals surface area contributed by atoms with Crippen LogP contribution in [0.1, 0.15) is 24.0 Å². The lowest BCUT2D eigenvalue weighted by Crippen LogP contribution is -2.19. The smallest absolute Gasteiger partial charge is 0.0408 e. The van der Waals surface area contributed by atoms with E-state index in [-0.39, 0.29) is 0 Å². The highest BCUT2D eigenvalue weighted by atomic mass is 15.1. The van der Waals surface area contributed by atoms with Crippen LogP contribution in [-0.2, 0) is 6.42 Å². The predicted octanol–water partition coefficient (Wildman–Crippen LogP) is 3.86. The van der Waals surface area contributed by atoms with Crippen molar-refractivity contribution in [3.05, 3.63) is 53.6 Å². The van der Waals surface area contributed by atoms with E-state index in [4.69, 9.17) is 0 Å². The standard InChI is InChI=1S/C17H17N/c1-2-7-14-13(6-1)12-16-15(14)8-5-9-17(16)18-10-3-4-11-18/h1-2,5-9H,3-4,10-12H2. The van der Waals surface area contributed by atoms with Crippen LogP contribution in [-0.4, -0.2) is 13.1 Å². The molecule has 0 radical (unpaired) electrons. The fraction of sp³-hybridized carbons (Fsp3) is 0.294. The number of anilines is 1. The first-order valence-corrected chi connectivity index (χ1v) is 6.88. The molecule has 0 N–H and O–H groups in total. The Bertz CT molecular complexity index is 594. The van der Waals surface area contributed by atoms with Gasteiger partial charge in [-0.15, -0.1) is 0 Å². The first-order chi connectivity index (χ1) is 8.93. The molecule has 2 aromatic rings. The van der Waals surface area contributed by atoms with E-state index in [2.05, 4.69) is 47.4 Å². The van der Waals surface area contributed by atoms with Crippen LogP contribution in [0.2, 0.25) is 0 Å². The number of hydrogen-bond acceptors (Lipinski definition) is 1.